The van der Waals surface area contributed by atoms with Crippen molar-refractivity contribution in [2.24, 2.45) is 0 Å². The van der Waals surface area contributed by atoms with Crippen molar-refractivity contribution in [2.45, 2.75) is 33.0 Å². The first-order chi connectivity index (χ1) is 9.17. The molecule has 0 aromatic heterocycles. The van der Waals surface area contributed by atoms with Crippen molar-refractivity contribution in [3.63, 3.8) is 0 Å². The Morgan fingerprint density at radius 1 is 0.947 bits per heavy atom. The van der Waals surface area contributed by atoms with Gasteiger partial charge < -0.3 is 9.84 Å². The molecule has 0 spiro atoms. The van der Waals surface area contributed by atoms with Gasteiger partial charge in [0.15, 0.2) is 0 Å². The van der Waals surface area contributed by atoms with Crippen molar-refractivity contribution in [2.75, 3.05) is 0 Å². The lowest BCUT2D eigenvalue weighted by Crippen LogP contribution is -2.15. The topological polar surface area (TPSA) is 29.5 Å². The van der Waals surface area contributed by atoms with Gasteiger partial charge in [0.2, 0.25) is 0 Å². The van der Waals surface area contributed by atoms with E-state index >= 15 is 0 Å². The molecular weight excluding hydrogens is 236 g/mol. The van der Waals surface area contributed by atoms with Gasteiger partial charge in [-0.15, -0.1) is 0 Å². The van der Waals surface area contributed by atoms with Gasteiger partial charge in [0.1, 0.15) is 5.75 Å². The fourth-order valence-corrected chi connectivity index (χ4v) is 2.00. The van der Waals surface area contributed by atoms with E-state index in [4.69, 9.17) is 9.84 Å². The number of aryl methyl sites for hydroxylation is 1. The van der Waals surface area contributed by atoms with Crippen LogP contribution < -0.4 is 4.74 Å². The Kier molecular flexibility index (Phi) is 4.58. The van der Waals surface area contributed by atoms with Gasteiger partial charge in [0.25, 0.3) is 0 Å². The van der Waals surface area contributed by atoms with Crippen molar-refractivity contribution < 1.29 is 9.84 Å². The fraction of sp³-hybridized carbons (Fsp3) is 0.294. The molecular formula is C17H20O2. The van der Waals surface area contributed by atoms with E-state index in [1.807, 2.05) is 36.4 Å². The molecule has 0 radical (unpaired) electrons. The monoisotopic (exact) mass is 256 g/mol. The maximum Gasteiger partial charge on any atom is 0.119 e. The molecule has 0 aliphatic carbocycles. The zero-order valence-corrected chi connectivity index (χ0v) is 11.5. The predicted molar refractivity (Wildman–Crippen MR) is 77.3 cm³/mol. The summed E-state index contributed by atoms with van der Waals surface area (Å²) in [5.41, 5.74) is 3.40. The van der Waals surface area contributed by atoms with Crippen molar-refractivity contribution in [1.29, 1.82) is 0 Å². The smallest absolute Gasteiger partial charge is 0.119 e. The lowest BCUT2D eigenvalue weighted by atomic mass is 10.1. The van der Waals surface area contributed by atoms with Gasteiger partial charge in [-0.1, -0.05) is 42.0 Å². The molecule has 2 rings (SSSR count). The Morgan fingerprint density at radius 2 is 1.53 bits per heavy atom. The number of aliphatic hydroxyl groups excluding tert-OH is 1. The number of benzene rings is 2. The summed E-state index contributed by atoms with van der Waals surface area (Å²) < 4.78 is 5.88. The molecule has 100 valence electrons. The summed E-state index contributed by atoms with van der Waals surface area (Å²) in [6, 6.07) is 16.1. The van der Waals surface area contributed by atoms with Crippen LogP contribution in [0, 0.1) is 6.92 Å². The molecule has 2 aromatic carbocycles. The second-order valence-electron chi connectivity index (χ2n) is 4.92. The maximum absolute atomic E-state index is 9.00. The highest BCUT2D eigenvalue weighted by molar-refractivity contribution is 5.27. The van der Waals surface area contributed by atoms with Crippen LogP contribution in [-0.2, 0) is 13.0 Å². The number of ether oxygens (including phenoxy) is 1. The third-order valence-corrected chi connectivity index (χ3v) is 3.09. The number of hydrogen-bond acceptors (Lipinski definition) is 2. The number of rotatable bonds is 5. The minimum atomic E-state index is 0.0930. The molecule has 0 heterocycles. The van der Waals surface area contributed by atoms with Crippen molar-refractivity contribution >= 4 is 0 Å². The normalized spacial score (nSPS) is 12.2. The van der Waals surface area contributed by atoms with Gasteiger partial charge in [-0.2, -0.15) is 0 Å². The third kappa shape index (κ3) is 4.11. The van der Waals surface area contributed by atoms with Gasteiger partial charge in [-0.05, 0) is 37.1 Å². The Bertz CT molecular complexity index is 500. The van der Waals surface area contributed by atoms with Crippen molar-refractivity contribution in [3.8, 4) is 5.75 Å². The van der Waals surface area contributed by atoms with Crippen LogP contribution in [-0.4, -0.2) is 11.2 Å². The van der Waals surface area contributed by atoms with Gasteiger partial charge >= 0.3 is 0 Å². The van der Waals surface area contributed by atoms with Crippen LogP contribution in [0.2, 0.25) is 0 Å². The van der Waals surface area contributed by atoms with Crippen LogP contribution in [0.5, 0.6) is 5.75 Å². The highest BCUT2D eigenvalue weighted by Crippen LogP contribution is 2.15. The first kappa shape index (κ1) is 13.6. The first-order valence-electron chi connectivity index (χ1n) is 6.59. The Morgan fingerprint density at radius 3 is 2.11 bits per heavy atom. The zero-order chi connectivity index (χ0) is 13.7. The van der Waals surface area contributed by atoms with E-state index in [1.54, 1.807) is 0 Å². The summed E-state index contributed by atoms with van der Waals surface area (Å²) in [6.07, 6.45) is 0.988. The van der Waals surface area contributed by atoms with E-state index in [9.17, 15) is 0 Å². The standard InChI is InChI=1S/C17H20O2/c1-13-3-9-17(10-4-13)19-14(2)11-15-5-7-16(12-18)8-6-15/h3-10,14,18H,11-12H2,1-2H3/t14-/m1/s1. The van der Waals surface area contributed by atoms with Crippen LogP contribution in [0.15, 0.2) is 48.5 Å². The van der Waals surface area contributed by atoms with E-state index in [-0.39, 0.29) is 12.7 Å². The van der Waals surface area contributed by atoms with E-state index in [0.29, 0.717) is 0 Å². The molecule has 0 aliphatic heterocycles. The maximum atomic E-state index is 9.00. The molecule has 0 saturated heterocycles. The van der Waals surface area contributed by atoms with E-state index in [2.05, 4.69) is 26.0 Å². The zero-order valence-electron chi connectivity index (χ0n) is 11.5. The van der Waals surface area contributed by atoms with Gasteiger partial charge in [-0.25, -0.2) is 0 Å². The molecule has 0 fully saturated rings. The largest absolute Gasteiger partial charge is 0.490 e. The number of hydrogen-bond donors (Lipinski definition) is 1. The van der Waals surface area contributed by atoms with Crippen LogP contribution in [0.3, 0.4) is 0 Å². The molecule has 1 atom stereocenters. The average Bonchev–Trinajstić information content (AvgIpc) is 2.42. The van der Waals surface area contributed by atoms with Crippen LogP contribution >= 0.6 is 0 Å². The lowest BCUT2D eigenvalue weighted by molar-refractivity contribution is 0.222. The lowest BCUT2D eigenvalue weighted by Gasteiger charge is -2.15. The highest BCUT2D eigenvalue weighted by Gasteiger charge is 2.05. The van der Waals surface area contributed by atoms with Gasteiger partial charge in [0, 0.05) is 6.42 Å². The molecule has 0 unspecified atom stereocenters. The van der Waals surface area contributed by atoms with Crippen LogP contribution in [0.1, 0.15) is 23.6 Å². The SMILES string of the molecule is Cc1ccc(O[C@H](C)Cc2ccc(CO)cc2)cc1. The molecule has 0 amide bonds. The Hall–Kier alpha value is -1.80. The highest BCUT2D eigenvalue weighted by atomic mass is 16.5. The molecule has 0 bridgehead atoms. The summed E-state index contributed by atoms with van der Waals surface area (Å²) in [7, 11) is 0. The second-order valence-corrected chi connectivity index (χ2v) is 4.92. The van der Waals surface area contributed by atoms with Gasteiger partial charge in [-0.3, -0.25) is 0 Å². The Labute approximate surface area is 114 Å². The first-order valence-corrected chi connectivity index (χ1v) is 6.59. The summed E-state index contributed by atoms with van der Waals surface area (Å²) in [6.45, 7) is 4.23. The van der Waals surface area contributed by atoms with E-state index in [0.717, 1.165) is 17.7 Å². The van der Waals surface area contributed by atoms with Crippen LogP contribution in [0.25, 0.3) is 0 Å². The summed E-state index contributed by atoms with van der Waals surface area (Å²) in [4.78, 5) is 0. The quantitative estimate of drug-likeness (QED) is 0.887. The summed E-state index contributed by atoms with van der Waals surface area (Å²) in [5.74, 6) is 0.907. The molecule has 0 aliphatic rings. The molecule has 2 aromatic rings. The van der Waals surface area contributed by atoms with Crippen molar-refractivity contribution in [3.05, 3.63) is 65.2 Å². The fourth-order valence-electron chi connectivity index (χ4n) is 2.00. The summed E-state index contributed by atoms with van der Waals surface area (Å²) in [5, 5.41) is 9.00. The summed E-state index contributed by atoms with van der Waals surface area (Å²) >= 11 is 0. The van der Waals surface area contributed by atoms with E-state index in [1.165, 1.54) is 11.1 Å². The minimum Gasteiger partial charge on any atom is -0.490 e. The third-order valence-electron chi connectivity index (χ3n) is 3.09. The second kappa shape index (κ2) is 6.39. The molecule has 0 saturated carbocycles. The predicted octanol–water partition coefficient (Wildman–Crippen LogP) is 3.50. The van der Waals surface area contributed by atoms with Crippen LogP contribution in [0.4, 0.5) is 0 Å². The molecule has 19 heavy (non-hydrogen) atoms. The van der Waals surface area contributed by atoms with Crippen molar-refractivity contribution in [1.82, 2.24) is 0 Å². The average molecular weight is 256 g/mol. The minimum absolute atomic E-state index is 0.0930. The number of aliphatic hydroxyl groups is 1. The molecule has 2 heteroatoms. The molecule has 2 nitrogen and oxygen atoms in total. The molecule has 1 N–H and O–H groups in total. The van der Waals surface area contributed by atoms with E-state index < -0.39 is 0 Å². The Balaban J connectivity index is 1.92. The van der Waals surface area contributed by atoms with Gasteiger partial charge in [0.05, 0.1) is 12.7 Å².